The van der Waals surface area contributed by atoms with Crippen molar-refractivity contribution < 1.29 is 14.7 Å². The summed E-state index contributed by atoms with van der Waals surface area (Å²) < 4.78 is 0. The summed E-state index contributed by atoms with van der Waals surface area (Å²) in [5.41, 5.74) is 1.14. The van der Waals surface area contributed by atoms with Crippen LogP contribution in [0.5, 0.6) is 0 Å². The molecule has 2 saturated heterocycles. The van der Waals surface area contributed by atoms with Crippen LogP contribution < -0.4 is 19.7 Å². The maximum Gasteiger partial charge on any atom is 0.277 e. The summed E-state index contributed by atoms with van der Waals surface area (Å²) in [6.07, 6.45) is 1.96. The average molecular weight is 402 g/mol. The van der Waals surface area contributed by atoms with Crippen molar-refractivity contribution in [3.63, 3.8) is 0 Å². The average Bonchev–Trinajstić information content (AvgIpc) is 2.75. The lowest BCUT2D eigenvalue weighted by molar-refractivity contribution is -0.892. The van der Waals surface area contributed by atoms with Crippen molar-refractivity contribution in [3.8, 4) is 0 Å². The molecule has 2 aliphatic rings. The Kier molecular flexibility index (Phi) is 5.98. The van der Waals surface area contributed by atoms with Crippen molar-refractivity contribution in [2.45, 2.75) is 0 Å². The summed E-state index contributed by atoms with van der Waals surface area (Å²) in [4.78, 5) is 24.1. The van der Waals surface area contributed by atoms with Crippen LogP contribution in [-0.4, -0.2) is 69.7 Å². The van der Waals surface area contributed by atoms with Gasteiger partial charge >= 0.3 is 0 Å². The second-order valence-electron chi connectivity index (χ2n) is 7.51. The number of hydrogen-bond acceptors (Lipinski definition) is 3. The molecule has 2 fully saturated rings. The predicted octanol–water partition coefficient (Wildman–Crippen LogP) is 0.208. The van der Waals surface area contributed by atoms with Gasteiger partial charge in [0.15, 0.2) is 6.54 Å². The van der Waals surface area contributed by atoms with Gasteiger partial charge in [-0.3, -0.25) is 9.69 Å². The monoisotopic (exact) mass is 401 g/mol. The molecule has 0 spiro atoms. The Morgan fingerprint density at radius 2 is 1.75 bits per heavy atom. The number of aromatic nitrogens is 1. The van der Waals surface area contributed by atoms with E-state index >= 15 is 0 Å². The summed E-state index contributed by atoms with van der Waals surface area (Å²) >= 11 is 6.10. The molecular weight excluding hydrogens is 374 g/mol. The standard InChI is InChI=1S/C21H26ClN5O/c22-18-4-3-5-19(16-18)25-12-14-27(15-13-25)21(28)17-24-8-10-26(11-9-24)20-6-1-2-7-23-20/h1-7,16H,8-15,17H2/p+2. The summed E-state index contributed by atoms with van der Waals surface area (Å²) in [6.45, 7) is 7.83. The third kappa shape index (κ3) is 4.56. The number of halogens is 1. The normalized spacial score (nSPS) is 18.4. The highest BCUT2D eigenvalue weighted by Crippen LogP contribution is 2.20. The van der Waals surface area contributed by atoms with E-state index in [1.54, 1.807) is 0 Å². The number of aromatic amines is 1. The van der Waals surface area contributed by atoms with Gasteiger partial charge in [-0.25, -0.2) is 4.98 Å². The van der Waals surface area contributed by atoms with Gasteiger partial charge in [-0.2, -0.15) is 0 Å². The number of piperazine rings is 2. The SMILES string of the molecule is O=C(C[NH+]1CCN(c2cccc[nH+]2)CC1)N1CCN(c2cccc(Cl)c2)CC1. The van der Waals surface area contributed by atoms with Gasteiger partial charge in [-0.1, -0.05) is 23.7 Å². The van der Waals surface area contributed by atoms with Crippen LogP contribution >= 0.6 is 11.6 Å². The number of nitrogens with zero attached hydrogens (tertiary/aromatic N) is 3. The molecule has 2 aromatic rings. The van der Waals surface area contributed by atoms with E-state index in [4.69, 9.17) is 11.6 Å². The molecule has 1 amide bonds. The highest BCUT2D eigenvalue weighted by Gasteiger charge is 2.29. The van der Waals surface area contributed by atoms with Crippen molar-refractivity contribution in [3.05, 3.63) is 53.7 Å². The second kappa shape index (κ2) is 8.80. The molecule has 4 rings (SSSR count). The number of rotatable bonds is 4. The highest BCUT2D eigenvalue weighted by molar-refractivity contribution is 6.30. The minimum absolute atomic E-state index is 0.278. The number of pyridine rings is 1. The topological polar surface area (TPSA) is 45.4 Å². The fourth-order valence-electron chi connectivity index (χ4n) is 4.03. The van der Waals surface area contributed by atoms with E-state index in [1.165, 1.54) is 4.90 Å². The number of carbonyl (C=O) groups excluding carboxylic acids is 1. The van der Waals surface area contributed by atoms with Gasteiger partial charge in [0.25, 0.3) is 11.7 Å². The van der Waals surface area contributed by atoms with E-state index in [-0.39, 0.29) is 5.91 Å². The number of anilines is 2. The van der Waals surface area contributed by atoms with Crippen LogP contribution in [0.2, 0.25) is 5.02 Å². The Balaban J connectivity index is 1.23. The third-order valence-electron chi connectivity index (χ3n) is 5.71. The van der Waals surface area contributed by atoms with Crippen molar-refractivity contribution in [1.82, 2.24) is 4.90 Å². The number of nitrogens with one attached hydrogen (secondary N) is 2. The van der Waals surface area contributed by atoms with Gasteiger partial charge < -0.3 is 14.7 Å². The lowest BCUT2D eigenvalue weighted by Gasteiger charge is -2.37. The zero-order valence-corrected chi connectivity index (χ0v) is 16.9. The molecule has 0 saturated carbocycles. The van der Waals surface area contributed by atoms with E-state index < -0.39 is 0 Å². The number of H-pyrrole nitrogens is 1. The van der Waals surface area contributed by atoms with Gasteiger partial charge in [0.2, 0.25) is 0 Å². The van der Waals surface area contributed by atoms with Crippen molar-refractivity contribution in [1.29, 1.82) is 0 Å². The van der Waals surface area contributed by atoms with Gasteiger partial charge in [-0.05, 0) is 24.3 Å². The second-order valence-corrected chi connectivity index (χ2v) is 7.95. The van der Waals surface area contributed by atoms with Gasteiger partial charge in [0.05, 0.1) is 6.20 Å². The molecule has 28 heavy (non-hydrogen) atoms. The summed E-state index contributed by atoms with van der Waals surface area (Å²) in [5, 5.41) is 0.756. The zero-order valence-electron chi connectivity index (χ0n) is 16.1. The van der Waals surface area contributed by atoms with E-state index in [0.717, 1.165) is 68.9 Å². The first-order chi connectivity index (χ1) is 13.7. The predicted molar refractivity (Wildman–Crippen MR) is 111 cm³/mol. The molecule has 2 N–H and O–H groups in total. The van der Waals surface area contributed by atoms with E-state index in [1.807, 2.05) is 35.4 Å². The molecule has 0 aliphatic carbocycles. The quantitative estimate of drug-likeness (QED) is 0.796. The summed E-state index contributed by atoms with van der Waals surface area (Å²) in [5.74, 6) is 1.44. The smallest absolute Gasteiger partial charge is 0.277 e. The molecule has 0 radical (unpaired) electrons. The Morgan fingerprint density at radius 3 is 2.43 bits per heavy atom. The zero-order chi connectivity index (χ0) is 19.3. The Morgan fingerprint density at radius 1 is 0.964 bits per heavy atom. The number of carbonyl (C=O) groups is 1. The van der Waals surface area contributed by atoms with Crippen LogP contribution in [0.3, 0.4) is 0 Å². The van der Waals surface area contributed by atoms with Crippen LogP contribution in [0.4, 0.5) is 11.5 Å². The summed E-state index contributed by atoms with van der Waals surface area (Å²) in [6, 6.07) is 14.1. The Labute approximate surface area is 171 Å². The van der Waals surface area contributed by atoms with Crippen LogP contribution in [0.15, 0.2) is 48.7 Å². The number of hydrogen-bond donors (Lipinski definition) is 1. The number of benzene rings is 1. The van der Waals surface area contributed by atoms with Crippen LogP contribution in [0.1, 0.15) is 0 Å². The molecule has 1 aromatic heterocycles. The first-order valence-corrected chi connectivity index (χ1v) is 10.4. The molecular formula is C21H28ClN5O+2. The van der Waals surface area contributed by atoms with Gasteiger partial charge in [0.1, 0.15) is 26.2 Å². The first-order valence-electron chi connectivity index (χ1n) is 10.0. The van der Waals surface area contributed by atoms with Crippen LogP contribution in [0.25, 0.3) is 0 Å². The maximum atomic E-state index is 12.8. The van der Waals surface area contributed by atoms with Crippen LogP contribution in [-0.2, 0) is 4.79 Å². The third-order valence-corrected chi connectivity index (χ3v) is 5.95. The molecule has 7 heteroatoms. The fraction of sp³-hybridized carbons (Fsp3) is 0.429. The maximum absolute atomic E-state index is 12.8. The molecule has 148 valence electrons. The molecule has 2 aliphatic heterocycles. The number of quaternary nitrogens is 1. The lowest BCUT2D eigenvalue weighted by Crippen LogP contribution is -3.16. The lowest BCUT2D eigenvalue weighted by atomic mass is 10.2. The number of amides is 1. The molecule has 0 unspecified atom stereocenters. The Hall–Kier alpha value is -2.31. The van der Waals surface area contributed by atoms with E-state index in [9.17, 15) is 4.79 Å². The first kappa shape index (κ1) is 19.0. The van der Waals surface area contributed by atoms with Crippen molar-refractivity contribution in [2.75, 3.05) is 68.7 Å². The highest BCUT2D eigenvalue weighted by atomic mass is 35.5. The molecule has 6 nitrogen and oxygen atoms in total. The molecule has 0 atom stereocenters. The fourth-order valence-corrected chi connectivity index (χ4v) is 4.22. The minimum atomic E-state index is 0.278. The van der Waals surface area contributed by atoms with Crippen molar-refractivity contribution >= 4 is 29.0 Å². The largest absolute Gasteiger partial charge is 0.368 e. The summed E-state index contributed by atoms with van der Waals surface area (Å²) in [7, 11) is 0. The van der Waals surface area contributed by atoms with Gasteiger partial charge in [0, 0.05) is 43.0 Å². The molecule has 3 heterocycles. The molecule has 1 aromatic carbocycles. The van der Waals surface area contributed by atoms with Gasteiger partial charge in [-0.15, -0.1) is 0 Å². The van der Waals surface area contributed by atoms with Crippen LogP contribution in [0, 0.1) is 0 Å². The van der Waals surface area contributed by atoms with E-state index in [2.05, 4.69) is 33.0 Å². The minimum Gasteiger partial charge on any atom is -0.368 e. The Bertz CT molecular complexity index is 786. The van der Waals surface area contributed by atoms with Crippen molar-refractivity contribution in [2.24, 2.45) is 0 Å². The molecule has 0 bridgehead atoms. The van der Waals surface area contributed by atoms with E-state index in [0.29, 0.717) is 6.54 Å².